The van der Waals surface area contributed by atoms with Crippen molar-refractivity contribution in [2.75, 3.05) is 6.54 Å². The van der Waals surface area contributed by atoms with Gasteiger partial charge in [-0.1, -0.05) is 0 Å². The molecule has 1 aliphatic heterocycles. The van der Waals surface area contributed by atoms with Crippen molar-refractivity contribution in [1.29, 1.82) is 0 Å². The second-order valence-corrected chi connectivity index (χ2v) is 4.81. The van der Waals surface area contributed by atoms with Crippen LogP contribution < -0.4 is 5.32 Å². The van der Waals surface area contributed by atoms with Gasteiger partial charge in [0.2, 0.25) is 0 Å². The fourth-order valence-electron chi connectivity index (χ4n) is 2.08. The molecule has 0 saturated heterocycles. The summed E-state index contributed by atoms with van der Waals surface area (Å²) in [5.74, 6) is 0. The van der Waals surface area contributed by atoms with Crippen molar-refractivity contribution >= 4 is 11.3 Å². The molecule has 0 amide bonds. The van der Waals surface area contributed by atoms with Crippen LogP contribution >= 0.6 is 11.3 Å². The minimum absolute atomic E-state index is 0.301. The van der Waals surface area contributed by atoms with Gasteiger partial charge in [-0.3, -0.25) is 4.68 Å². The van der Waals surface area contributed by atoms with E-state index in [1.54, 1.807) is 0 Å². The Bertz CT molecular complexity index is 472. The zero-order valence-corrected chi connectivity index (χ0v) is 9.42. The quantitative estimate of drug-likeness (QED) is 0.791. The lowest BCUT2D eigenvalue weighted by Crippen LogP contribution is -2.29. The number of nitrogens with one attached hydrogen (secondary N) is 1. The van der Waals surface area contributed by atoms with E-state index in [4.69, 9.17) is 0 Å². The topological polar surface area (TPSA) is 29.9 Å². The molecule has 2 aromatic heterocycles. The Morgan fingerprint density at radius 3 is 3.27 bits per heavy atom. The SMILES string of the molecule is Cn1ccc(C2NCCc3ccsc32)n1. The van der Waals surface area contributed by atoms with Gasteiger partial charge in [0.15, 0.2) is 0 Å². The standard InChI is InChI=1S/C11H13N3S/c1-14-6-3-9(13-14)10-11-8(2-5-12-10)4-7-15-11/h3-4,6-7,10,12H,2,5H2,1H3. The first-order valence-corrected chi connectivity index (χ1v) is 6.02. The Balaban J connectivity index is 2.02. The van der Waals surface area contributed by atoms with Crippen LogP contribution in [0, 0.1) is 0 Å². The Labute approximate surface area is 92.7 Å². The first kappa shape index (κ1) is 9.12. The molecule has 78 valence electrons. The van der Waals surface area contributed by atoms with Crippen LogP contribution in [0.2, 0.25) is 0 Å². The number of nitrogens with zero attached hydrogens (tertiary/aromatic N) is 2. The summed E-state index contributed by atoms with van der Waals surface area (Å²) in [6.45, 7) is 1.05. The lowest BCUT2D eigenvalue weighted by Gasteiger charge is -2.22. The van der Waals surface area contributed by atoms with Crippen molar-refractivity contribution in [3.63, 3.8) is 0 Å². The van der Waals surface area contributed by atoms with Gasteiger partial charge in [0.05, 0.1) is 11.7 Å². The predicted molar refractivity (Wildman–Crippen MR) is 61.1 cm³/mol. The summed E-state index contributed by atoms with van der Waals surface area (Å²) >= 11 is 1.83. The molecule has 3 rings (SSSR count). The maximum absolute atomic E-state index is 4.47. The molecule has 0 radical (unpaired) electrons. The molecule has 4 heteroatoms. The molecule has 0 fully saturated rings. The minimum atomic E-state index is 0.301. The molecule has 0 bridgehead atoms. The smallest absolute Gasteiger partial charge is 0.0866 e. The number of thiophene rings is 1. The van der Waals surface area contributed by atoms with Gasteiger partial charge in [-0.2, -0.15) is 5.10 Å². The van der Waals surface area contributed by atoms with Gasteiger partial charge in [-0.15, -0.1) is 11.3 Å². The Morgan fingerprint density at radius 1 is 1.53 bits per heavy atom. The Morgan fingerprint density at radius 2 is 2.47 bits per heavy atom. The van der Waals surface area contributed by atoms with Crippen molar-refractivity contribution in [3.8, 4) is 0 Å². The van der Waals surface area contributed by atoms with E-state index < -0.39 is 0 Å². The first-order chi connectivity index (χ1) is 7.34. The summed E-state index contributed by atoms with van der Waals surface area (Å²) in [7, 11) is 1.96. The van der Waals surface area contributed by atoms with E-state index in [9.17, 15) is 0 Å². The lowest BCUT2D eigenvalue weighted by atomic mass is 10.0. The monoisotopic (exact) mass is 219 g/mol. The second kappa shape index (κ2) is 3.47. The van der Waals surface area contributed by atoms with Crippen molar-refractivity contribution in [1.82, 2.24) is 15.1 Å². The molecule has 3 nitrogen and oxygen atoms in total. The highest BCUT2D eigenvalue weighted by Crippen LogP contribution is 2.31. The number of fused-ring (bicyclic) bond motifs is 1. The third-order valence-corrected chi connectivity index (χ3v) is 3.84. The van der Waals surface area contributed by atoms with Crippen LogP contribution in [0.15, 0.2) is 23.7 Å². The molecule has 0 aliphatic carbocycles. The third-order valence-electron chi connectivity index (χ3n) is 2.82. The summed E-state index contributed by atoms with van der Waals surface area (Å²) in [4.78, 5) is 1.43. The molecular weight excluding hydrogens is 206 g/mol. The first-order valence-electron chi connectivity index (χ1n) is 5.14. The zero-order chi connectivity index (χ0) is 10.3. The lowest BCUT2D eigenvalue weighted by molar-refractivity contribution is 0.558. The van der Waals surface area contributed by atoms with Crippen LogP contribution in [-0.4, -0.2) is 16.3 Å². The molecule has 0 aromatic carbocycles. The highest BCUT2D eigenvalue weighted by Gasteiger charge is 2.23. The third kappa shape index (κ3) is 1.50. The van der Waals surface area contributed by atoms with Gasteiger partial charge in [0.25, 0.3) is 0 Å². The van der Waals surface area contributed by atoms with Gasteiger partial charge >= 0.3 is 0 Å². The van der Waals surface area contributed by atoms with E-state index in [0.29, 0.717) is 6.04 Å². The molecule has 3 heterocycles. The van der Waals surface area contributed by atoms with Crippen LogP contribution in [0.3, 0.4) is 0 Å². The Hall–Kier alpha value is -1.13. The van der Waals surface area contributed by atoms with E-state index in [1.807, 2.05) is 29.3 Å². The summed E-state index contributed by atoms with van der Waals surface area (Å²) in [5.41, 5.74) is 2.61. The van der Waals surface area contributed by atoms with Gasteiger partial charge in [-0.05, 0) is 29.5 Å². The van der Waals surface area contributed by atoms with E-state index in [2.05, 4.69) is 27.9 Å². The number of rotatable bonds is 1. The molecule has 1 N–H and O–H groups in total. The van der Waals surface area contributed by atoms with Gasteiger partial charge in [-0.25, -0.2) is 0 Å². The second-order valence-electron chi connectivity index (χ2n) is 3.86. The number of hydrogen-bond acceptors (Lipinski definition) is 3. The van der Waals surface area contributed by atoms with E-state index in [1.165, 1.54) is 10.4 Å². The minimum Gasteiger partial charge on any atom is -0.304 e. The van der Waals surface area contributed by atoms with Gasteiger partial charge in [0, 0.05) is 24.7 Å². The van der Waals surface area contributed by atoms with Crippen LogP contribution in [-0.2, 0) is 13.5 Å². The molecule has 2 aromatic rings. The van der Waals surface area contributed by atoms with Crippen LogP contribution in [0.1, 0.15) is 22.2 Å². The van der Waals surface area contributed by atoms with Crippen molar-refractivity contribution in [2.45, 2.75) is 12.5 Å². The molecule has 0 saturated carbocycles. The maximum Gasteiger partial charge on any atom is 0.0866 e. The van der Waals surface area contributed by atoms with E-state index in [0.717, 1.165) is 18.7 Å². The van der Waals surface area contributed by atoms with Gasteiger partial charge < -0.3 is 5.32 Å². The molecule has 1 atom stereocenters. The summed E-state index contributed by atoms with van der Waals surface area (Å²) in [6.07, 6.45) is 3.14. The summed E-state index contributed by atoms with van der Waals surface area (Å²) in [5, 5.41) is 10.2. The average molecular weight is 219 g/mol. The van der Waals surface area contributed by atoms with Crippen LogP contribution in [0.5, 0.6) is 0 Å². The fourth-order valence-corrected chi connectivity index (χ4v) is 3.12. The van der Waals surface area contributed by atoms with E-state index in [-0.39, 0.29) is 0 Å². The summed E-state index contributed by atoms with van der Waals surface area (Å²) in [6, 6.07) is 4.62. The average Bonchev–Trinajstić information content (AvgIpc) is 2.84. The largest absolute Gasteiger partial charge is 0.304 e. The Kier molecular flexibility index (Phi) is 2.11. The van der Waals surface area contributed by atoms with Crippen molar-refractivity contribution in [3.05, 3.63) is 39.8 Å². The highest BCUT2D eigenvalue weighted by atomic mass is 32.1. The number of aryl methyl sites for hydroxylation is 1. The number of hydrogen-bond donors (Lipinski definition) is 1. The van der Waals surface area contributed by atoms with Crippen molar-refractivity contribution in [2.24, 2.45) is 7.05 Å². The summed E-state index contributed by atoms with van der Waals surface area (Å²) < 4.78 is 1.86. The molecule has 15 heavy (non-hydrogen) atoms. The molecule has 0 spiro atoms. The fraction of sp³-hybridized carbons (Fsp3) is 0.364. The number of aromatic nitrogens is 2. The van der Waals surface area contributed by atoms with Gasteiger partial charge in [0.1, 0.15) is 0 Å². The maximum atomic E-state index is 4.47. The van der Waals surface area contributed by atoms with Crippen LogP contribution in [0.4, 0.5) is 0 Å². The zero-order valence-electron chi connectivity index (χ0n) is 8.60. The van der Waals surface area contributed by atoms with Crippen LogP contribution in [0.25, 0.3) is 0 Å². The molecular formula is C11H13N3S. The normalized spacial score (nSPS) is 20.2. The van der Waals surface area contributed by atoms with E-state index >= 15 is 0 Å². The molecule has 1 aliphatic rings. The predicted octanol–water partition coefficient (Wildman–Crippen LogP) is 1.72. The highest BCUT2D eigenvalue weighted by molar-refractivity contribution is 7.10. The molecule has 1 unspecified atom stereocenters. The van der Waals surface area contributed by atoms with Crippen molar-refractivity contribution < 1.29 is 0 Å².